The zero-order chi connectivity index (χ0) is 38.9. The summed E-state index contributed by atoms with van der Waals surface area (Å²) in [4.78, 5) is 27.3. The maximum absolute atomic E-state index is 13.7. The molecule has 4 aromatic carbocycles. The summed E-state index contributed by atoms with van der Waals surface area (Å²) in [6.45, 7) is 11.6. The van der Waals surface area contributed by atoms with Gasteiger partial charge in [-0.3, -0.25) is 9.59 Å². The number of sulfonamides is 2. The highest BCUT2D eigenvalue weighted by Gasteiger charge is 2.42. The van der Waals surface area contributed by atoms with E-state index < -0.39 is 32.1 Å². The molecule has 12 heteroatoms. The molecule has 4 aromatic rings. The van der Waals surface area contributed by atoms with Crippen LogP contribution in [0.3, 0.4) is 0 Å². The number of hydrogen-bond acceptors (Lipinski definition) is 6. The first-order valence-corrected chi connectivity index (χ1v) is 21.1. The fourth-order valence-corrected chi connectivity index (χ4v) is 12.1. The van der Waals surface area contributed by atoms with Gasteiger partial charge in [-0.2, -0.15) is 8.61 Å². The summed E-state index contributed by atoms with van der Waals surface area (Å²) in [5.41, 5.74) is 7.61. The van der Waals surface area contributed by atoms with E-state index in [1.807, 2.05) is 74.5 Å². The molecule has 0 bridgehead atoms. The molecule has 0 spiro atoms. The van der Waals surface area contributed by atoms with Crippen molar-refractivity contribution in [1.29, 1.82) is 0 Å². The van der Waals surface area contributed by atoms with Crippen LogP contribution >= 0.6 is 0 Å². The van der Waals surface area contributed by atoms with Crippen LogP contribution in [-0.4, -0.2) is 62.4 Å². The Kier molecular flexibility index (Phi) is 11.3. The molecule has 0 unspecified atom stereocenters. The standard InChI is InChI=1S/C42H48N4O6S2/c1-27-23-29(3)39(30(4)24-27)53(49,50)45-21-7-9-37(45)41(47)43-35-17-13-33(14-18-35)11-12-34-15-19-36(20-16-34)44-42(48)38-10-8-22-46(38)54(51,52)40-31(5)25-28(2)26-32(40)6/h11-20,23-26,37-38H,7-10,21-22H2,1-6H3,(H,43,47)(H,44,48)/t37-,38-/m0/s1. The van der Waals surface area contributed by atoms with Crippen molar-refractivity contribution in [3.63, 3.8) is 0 Å². The predicted octanol–water partition coefficient (Wildman–Crippen LogP) is 7.29. The van der Waals surface area contributed by atoms with Crippen LogP contribution in [0.5, 0.6) is 0 Å². The van der Waals surface area contributed by atoms with E-state index in [1.165, 1.54) is 8.61 Å². The number of benzene rings is 4. The molecule has 2 amide bonds. The molecule has 0 aromatic heterocycles. The minimum Gasteiger partial charge on any atom is -0.325 e. The van der Waals surface area contributed by atoms with E-state index in [-0.39, 0.29) is 21.6 Å². The van der Waals surface area contributed by atoms with E-state index in [0.717, 1.165) is 22.3 Å². The predicted molar refractivity (Wildman–Crippen MR) is 214 cm³/mol. The van der Waals surface area contributed by atoms with Crippen molar-refractivity contribution in [3.8, 4) is 0 Å². The number of amides is 2. The van der Waals surface area contributed by atoms with Gasteiger partial charge in [-0.05, 0) is 125 Å². The summed E-state index contributed by atoms with van der Waals surface area (Å²) in [6.07, 6.45) is 5.96. The highest BCUT2D eigenvalue weighted by Crippen LogP contribution is 2.33. The first kappa shape index (κ1) is 39.1. The van der Waals surface area contributed by atoms with Crippen LogP contribution in [0.2, 0.25) is 0 Å². The second kappa shape index (κ2) is 15.6. The third-order valence-electron chi connectivity index (χ3n) is 10.2. The lowest BCUT2D eigenvalue weighted by atomic mass is 10.1. The summed E-state index contributed by atoms with van der Waals surface area (Å²) < 4.78 is 57.6. The van der Waals surface area contributed by atoms with Crippen molar-refractivity contribution in [3.05, 3.63) is 117 Å². The van der Waals surface area contributed by atoms with Gasteiger partial charge in [0.05, 0.1) is 9.79 Å². The number of anilines is 2. The van der Waals surface area contributed by atoms with Crippen LogP contribution < -0.4 is 10.6 Å². The van der Waals surface area contributed by atoms with Crippen LogP contribution in [0.1, 0.15) is 70.2 Å². The van der Waals surface area contributed by atoms with Crippen LogP contribution in [0.15, 0.2) is 82.6 Å². The normalized spacial score (nSPS) is 18.3. The second-order valence-corrected chi connectivity index (χ2v) is 18.2. The Hall–Kier alpha value is -4.62. The lowest BCUT2D eigenvalue weighted by Crippen LogP contribution is -2.43. The van der Waals surface area contributed by atoms with Gasteiger partial charge < -0.3 is 10.6 Å². The quantitative estimate of drug-likeness (QED) is 0.163. The molecule has 284 valence electrons. The Labute approximate surface area is 319 Å². The Morgan fingerprint density at radius 2 is 0.870 bits per heavy atom. The average Bonchev–Trinajstić information content (AvgIpc) is 3.80. The van der Waals surface area contributed by atoms with Gasteiger partial charge in [-0.1, -0.05) is 71.8 Å². The Balaban J connectivity index is 1.05. The van der Waals surface area contributed by atoms with E-state index in [1.54, 1.807) is 52.0 Å². The minimum atomic E-state index is -3.86. The molecule has 10 nitrogen and oxygen atoms in total. The molecular formula is C42H48N4O6S2. The molecule has 2 atom stereocenters. The number of hydrogen-bond donors (Lipinski definition) is 2. The van der Waals surface area contributed by atoms with Crippen LogP contribution in [0, 0.1) is 41.5 Å². The van der Waals surface area contributed by atoms with Gasteiger partial charge in [0.2, 0.25) is 31.9 Å². The molecule has 2 fully saturated rings. The first-order chi connectivity index (χ1) is 25.6. The van der Waals surface area contributed by atoms with E-state index >= 15 is 0 Å². The molecule has 54 heavy (non-hydrogen) atoms. The molecule has 0 radical (unpaired) electrons. The number of nitrogens with zero attached hydrogens (tertiary/aromatic N) is 2. The van der Waals surface area contributed by atoms with Crippen molar-refractivity contribution in [1.82, 2.24) is 8.61 Å². The maximum atomic E-state index is 13.7. The van der Waals surface area contributed by atoms with Gasteiger partial charge in [-0.15, -0.1) is 0 Å². The highest BCUT2D eigenvalue weighted by atomic mass is 32.2. The molecule has 0 aliphatic carbocycles. The van der Waals surface area contributed by atoms with Crippen molar-refractivity contribution in [2.45, 2.75) is 89.1 Å². The Morgan fingerprint density at radius 1 is 0.556 bits per heavy atom. The molecule has 2 heterocycles. The Morgan fingerprint density at radius 3 is 1.19 bits per heavy atom. The maximum Gasteiger partial charge on any atom is 0.244 e. The zero-order valence-corrected chi connectivity index (χ0v) is 33.3. The molecule has 2 saturated heterocycles. The molecule has 0 saturated carbocycles. The van der Waals surface area contributed by atoms with Crippen molar-refractivity contribution < 1.29 is 26.4 Å². The smallest absolute Gasteiger partial charge is 0.244 e. The SMILES string of the molecule is Cc1cc(C)c(S(=O)(=O)N2CCC[C@H]2C(=O)Nc2ccc(C=Cc3ccc(NC(=O)[C@@H]4CCCN4S(=O)(=O)c4c(C)cc(C)cc4C)cc3)cc2)c(C)c1. The molecular weight excluding hydrogens is 721 g/mol. The largest absolute Gasteiger partial charge is 0.325 e. The second-order valence-electron chi connectivity index (χ2n) is 14.6. The number of rotatable bonds is 10. The third kappa shape index (κ3) is 8.07. The Bertz CT molecular complexity index is 2130. The summed E-state index contributed by atoms with van der Waals surface area (Å²) >= 11 is 0. The van der Waals surface area contributed by atoms with Gasteiger partial charge >= 0.3 is 0 Å². The highest BCUT2D eigenvalue weighted by molar-refractivity contribution is 7.89. The lowest BCUT2D eigenvalue weighted by Gasteiger charge is -2.25. The van der Waals surface area contributed by atoms with E-state index in [9.17, 15) is 26.4 Å². The first-order valence-electron chi connectivity index (χ1n) is 18.3. The fourth-order valence-electron chi connectivity index (χ4n) is 7.96. The number of aryl methyl sites for hydroxylation is 6. The van der Waals surface area contributed by atoms with Gasteiger partial charge in [0.15, 0.2) is 0 Å². The van der Waals surface area contributed by atoms with Crippen molar-refractivity contribution >= 4 is 55.4 Å². The van der Waals surface area contributed by atoms with Crippen LogP contribution in [0.25, 0.3) is 12.2 Å². The summed E-state index contributed by atoms with van der Waals surface area (Å²) in [7, 11) is -7.72. The summed E-state index contributed by atoms with van der Waals surface area (Å²) in [6, 6.07) is 20.4. The summed E-state index contributed by atoms with van der Waals surface area (Å²) in [5.74, 6) is -0.708. The average molecular weight is 769 g/mol. The molecule has 6 rings (SSSR count). The summed E-state index contributed by atoms with van der Waals surface area (Å²) in [5, 5.41) is 5.81. The van der Waals surface area contributed by atoms with Crippen molar-refractivity contribution in [2.24, 2.45) is 0 Å². The third-order valence-corrected chi connectivity index (χ3v) is 14.6. The number of carbonyl (C=O) groups excluding carboxylic acids is 2. The van der Waals surface area contributed by atoms with E-state index in [2.05, 4.69) is 10.6 Å². The van der Waals surface area contributed by atoms with Crippen LogP contribution in [0.4, 0.5) is 11.4 Å². The zero-order valence-electron chi connectivity index (χ0n) is 31.6. The topological polar surface area (TPSA) is 133 Å². The van der Waals surface area contributed by atoms with Gasteiger partial charge in [0, 0.05) is 24.5 Å². The van der Waals surface area contributed by atoms with Crippen molar-refractivity contribution in [2.75, 3.05) is 23.7 Å². The van der Waals surface area contributed by atoms with Crippen LogP contribution in [-0.2, 0) is 29.6 Å². The molecule has 2 N–H and O–H groups in total. The fraction of sp³-hybridized carbons (Fsp3) is 0.333. The molecule has 2 aliphatic rings. The van der Waals surface area contributed by atoms with Gasteiger partial charge in [0.25, 0.3) is 0 Å². The lowest BCUT2D eigenvalue weighted by molar-refractivity contribution is -0.119. The van der Waals surface area contributed by atoms with E-state index in [4.69, 9.17) is 0 Å². The number of nitrogens with one attached hydrogen (secondary N) is 2. The van der Waals surface area contributed by atoms with Gasteiger partial charge in [0.1, 0.15) is 12.1 Å². The van der Waals surface area contributed by atoms with E-state index in [0.29, 0.717) is 72.4 Å². The monoisotopic (exact) mass is 768 g/mol. The number of carbonyl (C=O) groups is 2. The molecule has 2 aliphatic heterocycles. The minimum absolute atomic E-state index is 0.274. The van der Waals surface area contributed by atoms with Gasteiger partial charge in [-0.25, -0.2) is 16.8 Å².